The van der Waals surface area contributed by atoms with Gasteiger partial charge in [0.25, 0.3) is 5.91 Å². The zero-order chi connectivity index (χ0) is 12.9. The number of likely N-dealkylation sites (tertiary alicyclic amines) is 1. The first-order valence-corrected chi connectivity index (χ1v) is 8.05. The zero-order valence-corrected chi connectivity index (χ0v) is 12.3. The molecule has 2 saturated heterocycles. The van der Waals surface area contributed by atoms with E-state index in [1.165, 1.54) is 0 Å². The summed E-state index contributed by atoms with van der Waals surface area (Å²) in [7, 11) is -0.740. The number of aryl methyl sites for hydroxylation is 1. The van der Waals surface area contributed by atoms with Crippen molar-refractivity contribution in [3.8, 4) is 0 Å². The van der Waals surface area contributed by atoms with Gasteiger partial charge < -0.3 is 4.90 Å². The van der Waals surface area contributed by atoms with E-state index >= 15 is 0 Å². The van der Waals surface area contributed by atoms with Crippen LogP contribution in [0.4, 0.5) is 0 Å². The second-order valence-corrected chi connectivity index (χ2v) is 7.42. The number of nitrogens with zero attached hydrogens (tertiary/aromatic N) is 2. The second-order valence-electron chi connectivity index (χ2n) is 4.80. The quantitative estimate of drug-likeness (QED) is 0.785. The van der Waals surface area contributed by atoms with Crippen LogP contribution in [-0.2, 0) is 10.8 Å². The summed E-state index contributed by atoms with van der Waals surface area (Å²) in [5.74, 6) is 0.578. The predicted molar refractivity (Wildman–Crippen MR) is 72.9 cm³/mol. The van der Waals surface area contributed by atoms with E-state index in [4.69, 9.17) is 0 Å². The molecule has 3 rings (SSSR count). The van der Waals surface area contributed by atoms with E-state index in [1.54, 1.807) is 0 Å². The zero-order valence-electron chi connectivity index (χ0n) is 9.93. The Morgan fingerprint density at radius 2 is 2.33 bits per heavy atom. The van der Waals surface area contributed by atoms with Crippen LogP contribution >= 0.6 is 15.9 Å². The molecule has 0 aromatic carbocycles. The smallest absolute Gasteiger partial charge is 0.273 e. The molecule has 2 fully saturated rings. The summed E-state index contributed by atoms with van der Waals surface area (Å²) in [5.41, 5.74) is 1.29. The van der Waals surface area contributed by atoms with Crippen molar-refractivity contribution < 1.29 is 9.00 Å². The van der Waals surface area contributed by atoms with Gasteiger partial charge in [-0.1, -0.05) is 0 Å². The lowest BCUT2D eigenvalue weighted by Crippen LogP contribution is -2.42. The normalized spacial score (nSPS) is 29.9. The molecule has 3 atom stereocenters. The summed E-state index contributed by atoms with van der Waals surface area (Å²) in [6.45, 7) is 2.48. The van der Waals surface area contributed by atoms with Crippen molar-refractivity contribution >= 4 is 32.6 Å². The predicted octanol–water partition coefficient (Wildman–Crippen LogP) is 1.50. The van der Waals surface area contributed by atoms with Crippen LogP contribution in [0.15, 0.2) is 16.6 Å². The van der Waals surface area contributed by atoms with E-state index in [0.717, 1.165) is 16.6 Å². The maximum absolute atomic E-state index is 12.5. The van der Waals surface area contributed by atoms with Crippen LogP contribution in [0.5, 0.6) is 0 Å². The number of hydrogen-bond acceptors (Lipinski definition) is 3. The number of carbonyl (C=O) groups is 1. The highest BCUT2D eigenvalue weighted by Gasteiger charge is 2.45. The van der Waals surface area contributed by atoms with E-state index < -0.39 is 10.8 Å². The van der Waals surface area contributed by atoms with Crippen LogP contribution in [0.2, 0.25) is 0 Å². The Hall–Kier alpha value is -0.750. The minimum Gasteiger partial charge on any atom is -0.332 e. The summed E-state index contributed by atoms with van der Waals surface area (Å²) in [6.07, 6.45) is 0.877. The molecule has 18 heavy (non-hydrogen) atoms. The highest BCUT2D eigenvalue weighted by atomic mass is 79.9. The van der Waals surface area contributed by atoms with Gasteiger partial charge in [-0.15, -0.1) is 0 Å². The van der Waals surface area contributed by atoms with E-state index in [2.05, 4.69) is 20.9 Å². The summed E-state index contributed by atoms with van der Waals surface area (Å²) >= 11 is 3.37. The molecule has 0 spiro atoms. The van der Waals surface area contributed by atoms with Crippen LogP contribution in [0, 0.1) is 6.92 Å². The average molecular weight is 329 g/mol. The molecule has 1 aromatic rings. The first-order chi connectivity index (χ1) is 8.56. The fourth-order valence-corrected chi connectivity index (χ4v) is 4.74. The van der Waals surface area contributed by atoms with Crippen molar-refractivity contribution in [2.75, 3.05) is 12.3 Å². The van der Waals surface area contributed by atoms with Gasteiger partial charge in [0, 0.05) is 39.3 Å². The van der Waals surface area contributed by atoms with Crippen molar-refractivity contribution in [1.29, 1.82) is 0 Å². The Morgan fingerprint density at radius 1 is 1.56 bits per heavy atom. The van der Waals surface area contributed by atoms with Gasteiger partial charge in [0.2, 0.25) is 0 Å². The number of pyridine rings is 1. The summed E-state index contributed by atoms with van der Waals surface area (Å²) in [6, 6.07) is 3.85. The van der Waals surface area contributed by atoms with Gasteiger partial charge in [-0.25, -0.2) is 4.98 Å². The number of carbonyl (C=O) groups excluding carboxylic acids is 1. The Morgan fingerprint density at radius 3 is 2.94 bits per heavy atom. The fourth-order valence-electron chi connectivity index (χ4n) is 2.62. The lowest BCUT2D eigenvalue weighted by Gasteiger charge is -2.26. The fraction of sp³-hybridized carbons (Fsp3) is 0.500. The molecule has 2 aliphatic rings. The highest BCUT2D eigenvalue weighted by Crippen LogP contribution is 2.32. The minimum atomic E-state index is -0.740. The first kappa shape index (κ1) is 12.3. The van der Waals surface area contributed by atoms with Crippen LogP contribution < -0.4 is 0 Å². The third-order valence-electron chi connectivity index (χ3n) is 3.55. The molecule has 4 nitrogen and oxygen atoms in total. The number of amides is 1. The topological polar surface area (TPSA) is 50.3 Å². The second kappa shape index (κ2) is 4.42. The van der Waals surface area contributed by atoms with Gasteiger partial charge in [-0.3, -0.25) is 9.00 Å². The number of rotatable bonds is 1. The van der Waals surface area contributed by atoms with Gasteiger partial charge in [-0.2, -0.15) is 0 Å². The largest absolute Gasteiger partial charge is 0.332 e. The van der Waals surface area contributed by atoms with E-state index in [0.29, 0.717) is 18.0 Å². The molecule has 0 N–H and O–H groups in total. The molecular weight excluding hydrogens is 316 g/mol. The molecular formula is C12H13BrN2O2S. The molecule has 0 aliphatic carbocycles. The van der Waals surface area contributed by atoms with Crippen LogP contribution in [-0.4, -0.2) is 43.6 Å². The molecule has 2 aliphatic heterocycles. The Balaban J connectivity index is 1.88. The molecule has 2 bridgehead atoms. The van der Waals surface area contributed by atoms with E-state index in [-0.39, 0.29) is 17.2 Å². The highest BCUT2D eigenvalue weighted by molar-refractivity contribution is 9.10. The maximum atomic E-state index is 12.5. The van der Waals surface area contributed by atoms with E-state index in [9.17, 15) is 9.00 Å². The van der Waals surface area contributed by atoms with Crippen LogP contribution in [0.3, 0.4) is 0 Å². The number of halogens is 1. The van der Waals surface area contributed by atoms with Crippen molar-refractivity contribution in [2.45, 2.75) is 24.6 Å². The van der Waals surface area contributed by atoms with Crippen molar-refractivity contribution in [3.63, 3.8) is 0 Å². The standard InChI is InChI=1S/C12H13BrN2O2S/c1-7-2-3-10(13)11(14-7)12(16)15-5-9-4-8(15)6-18(9)17/h2-3,8-9H,4-6H2,1H3/t8-,9-,18?/m0/s1. The number of aromatic nitrogens is 1. The minimum absolute atomic E-state index is 0.0465. The van der Waals surface area contributed by atoms with E-state index in [1.807, 2.05) is 24.0 Å². The SMILES string of the molecule is Cc1ccc(Br)c(C(=O)N2C[C@@H]3C[C@H]2CS3=O)n1. The summed E-state index contributed by atoms with van der Waals surface area (Å²) in [4.78, 5) is 18.6. The monoisotopic (exact) mass is 328 g/mol. The summed E-state index contributed by atoms with van der Waals surface area (Å²) in [5, 5.41) is 0.169. The van der Waals surface area contributed by atoms with Crippen LogP contribution in [0.1, 0.15) is 22.6 Å². The van der Waals surface area contributed by atoms with Crippen LogP contribution in [0.25, 0.3) is 0 Å². The molecule has 1 aromatic heterocycles. The average Bonchev–Trinajstić information content (AvgIpc) is 2.90. The van der Waals surface area contributed by atoms with Crippen molar-refractivity contribution in [2.24, 2.45) is 0 Å². The Labute approximate surface area is 116 Å². The van der Waals surface area contributed by atoms with Gasteiger partial charge in [-0.05, 0) is 41.4 Å². The third-order valence-corrected chi connectivity index (χ3v) is 5.99. The lowest BCUT2D eigenvalue weighted by molar-refractivity contribution is 0.0739. The maximum Gasteiger partial charge on any atom is 0.273 e. The molecule has 96 valence electrons. The molecule has 1 unspecified atom stereocenters. The molecule has 3 heterocycles. The molecule has 0 saturated carbocycles. The molecule has 6 heteroatoms. The van der Waals surface area contributed by atoms with Gasteiger partial charge in [0.05, 0.1) is 5.25 Å². The van der Waals surface area contributed by atoms with Gasteiger partial charge >= 0.3 is 0 Å². The number of fused-ring (bicyclic) bond motifs is 2. The molecule has 1 amide bonds. The molecule has 0 radical (unpaired) electrons. The Kier molecular flexibility index (Phi) is 3.02. The third kappa shape index (κ3) is 1.91. The van der Waals surface area contributed by atoms with Gasteiger partial charge in [0.15, 0.2) is 0 Å². The number of hydrogen-bond donors (Lipinski definition) is 0. The lowest BCUT2D eigenvalue weighted by atomic mass is 10.2. The van der Waals surface area contributed by atoms with Crippen molar-refractivity contribution in [3.05, 3.63) is 28.0 Å². The summed E-state index contributed by atoms with van der Waals surface area (Å²) < 4.78 is 12.3. The van der Waals surface area contributed by atoms with Crippen molar-refractivity contribution in [1.82, 2.24) is 9.88 Å². The Bertz CT molecular complexity index is 549. The van der Waals surface area contributed by atoms with Gasteiger partial charge in [0.1, 0.15) is 5.69 Å². The first-order valence-electron chi connectivity index (χ1n) is 5.87.